The van der Waals surface area contributed by atoms with Crippen LogP contribution in [-0.2, 0) is 11.6 Å². The van der Waals surface area contributed by atoms with Crippen LogP contribution in [-0.4, -0.2) is 20.3 Å². The monoisotopic (exact) mass is 430 g/mol. The predicted octanol–water partition coefficient (Wildman–Crippen LogP) is 6.47. The van der Waals surface area contributed by atoms with Crippen molar-refractivity contribution in [3.8, 4) is 0 Å². The van der Waals surface area contributed by atoms with Gasteiger partial charge in [-0.3, -0.25) is 4.99 Å². The van der Waals surface area contributed by atoms with E-state index in [0.29, 0.717) is 11.0 Å². The van der Waals surface area contributed by atoms with E-state index in [1.165, 1.54) is 6.07 Å². The zero-order chi connectivity index (χ0) is 22.3. The first-order valence-electron chi connectivity index (χ1n) is 10.2. The van der Waals surface area contributed by atoms with E-state index in [0.717, 1.165) is 45.4 Å². The van der Waals surface area contributed by atoms with Gasteiger partial charge in [0.05, 0.1) is 22.5 Å². The van der Waals surface area contributed by atoms with Crippen molar-refractivity contribution in [3.05, 3.63) is 83.7 Å². The van der Waals surface area contributed by atoms with E-state index in [2.05, 4.69) is 48.2 Å². The van der Waals surface area contributed by atoms with Gasteiger partial charge in [-0.05, 0) is 29.1 Å². The largest absolute Gasteiger partial charge is 0.416 e. The van der Waals surface area contributed by atoms with Crippen LogP contribution in [0.3, 0.4) is 0 Å². The first kappa shape index (κ1) is 19.0. The molecule has 0 bridgehead atoms. The Bertz CT molecular complexity index is 1590. The summed E-state index contributed by atoms with van der Waals surface area (Å²) in [4.78, 5) is 9.53. The van der Waals surface area contributed by atoms with Crippen molar-refractivity contribution in [1.29, 1.82) is 0 Å². The number of halogens is 3. The fourth-order valence-electron chi connectivity index (χ4n) is 4.59. The standard InChI is InChI=1S/C25H17F3N4/c1-24(2)19-10-7-14-5-3-4-6-17(14)21(19)30-22(24)15-12-29-23-18-9-8-16(25(26,27)28)11-20(18)31-32(23)13-15/h3-13H,1-2H3. The zero-order valence-electron chi connectivity index (χ0n) is 17.3. The van der Waals surface area contributed by atoms with Gasteiger partial charge in [-0.2, -0.15) is 18.3 Å². The molecule has 0 unspecified atom stereocenters. The number of benzene rings is 3. The molecule has 6 rings (SSSR count). The van der Waals surface area contributed by atoms with Gasteiger partial charge in [0.25, 0.3) is 0 Å². The van der Waals surface area contributed by atoms with Gasteiger partial charge in [-0.1, -0.05) is 50.2 Å². The second-order valence-corrected chi connectivity index (χ2v) is 8.61. The molecular formula is C25H17F3N4. The molecule has 1 aliphatic heterocycles. The lowest BCUT2D eigenvalue weighted by Crippen LogP contribution is -2.26. The highest BCUT2D eigenvalue weighted by Crippen LogP contribution is 2.45. The summed E-state index contributed by atoms with van der Waals surface area (Å²) < 4.78 is 40.8. The Morgan fingerprint density at radius 1 is 0.938 bits per heavy atom. The van der Waals surface area contributed by atoms with E-state index in [-0.39, 0.29) is 10.9 Å². The predicted molar refractivity (Wildman–Crippen MR) is 119 cm³/mol. The van der Waals surface area contributed by atoms with Crippen molar-refractivity contribution in [2.75, 3.05) is 0 Å². The van der Waals surface area contributed by atoms with Crippen molar-refractivity contribution >= 4 is 38.7 Å². The first-order valence-corrected chi connectivity index (χ1v) is 10.2. The van der Waals surface area contributed by atoms with E-state index in [1.807, 2.05) is 12.1 Å². The van der Waals surface area contributed by atoms with E-state index < -0.39 is 11.7 Å². The lowest BCUT2D eigenvalue weighted by Gasteiger charge is -2.22. The molecule has 0 amide bonds. The lowest BCUT2D eigenvalue weighted by atomic mass is 9.79. The third-order valence-electron chi connectivity index (χ3n) is 6.25. The molecule has 0 N–H and O–H groups in total. The molecule has 2 aromatic heterocycles. The SMILES string of the molecule is CC1(C)C(c2cnc3c4ccc(C(F)(F)F)cc4nn3c2)=Nc2c1ccc1ccccc21. The molecule has 0 saturated carbocycles. The number of aromatic nitrogens is 3. The van der Waals surface area contributed by atoms with Gasteiger partial charge < -0.3 is 0 Å². The molecule has 7 heteroatoms. The minimum absolute atomic E-state index is 0.256. The number of nitrogens with zero attached hydrogens (tertiary/aromatic N) is 4. The Morgan fingerprint density at radius 2 is 1.75 bits per heavy atom. The highest BCUT2D eigenvalue weighted by molar-refractivity contribution is 6.15. The van der Waals surface area contributed by atoms with Gasteiger partial charge in [-0.15, -0.1) is 0 Å². The number of hydrogen-bond donors (Lipinski definition) is 0. The van der Waals surface area contributed by atoms with Gasteiger partial charge in [0.1, 0.15) is 0 Å². The Hall–Kier alpha value is -3.74. The average Bonchev–Trinajstić information content (AvgIpc) is 3.26. The average molecular weight is 430 g/mol. The summed E-state index contributed by atoms with van der Waals surface area (Å²) in [5.41, 5.74) is 3.40. The lowest BCUT2D eigenvalue weighted by molar-refractivity contribution is -0.137. The maximum Gasteiger partial charge on any atom is 0.416 e. The van der Waals surface area contributed by atoms with Gasteiger partial charge >= 0.3 is 6.18 Å². The molecule has 0 saturated heterocycles. The second-order valence-electron chi connectivity index (χ2n) is 8.61. The quantitative estimate of drug-likeness (QED) is 0.306. The van der Waals surface area contributed by atoms with Gasteiger partial charge in [0.15, 0.2) is 5.65 Å². The molecule has 0 aliphatic carbocycles. The molecule has 158 valence electrons. The summed E-state index contributed by atoms with van der Waals surface area (Å²) in [7, 11) is 0. The Morgan fingerprint density at radius 3 is 2.56 bits per heavy atom. The topological polar surface area (TPSA) is 42.5 Å². The van der Waals surface area contributed by atoms with Crippen molar-refractivity contribution in [2.45, 2.75) is 25.4 Å². The van der Waals surface area contributed by atoms with Crippen LogP contribution < -0.4 is 0 Å². The highest BCUT2D eigenvalue weighted by atomic mass is 19.4. The maximum atomic E-state index is 13.1. The molecule has 0 fully saturated rings. The number of hydrogen-bond acceptors (Lipinski definition) is 3. The van der Waals surface area contributed by atoms with Crippen LogP contribution in [0.2, 0.25) is 0 Å². The second kappa shape index (κ2) is 6.16. The van der Waals surface area contributed by atoms with Crippen LogP contribution in [0.4, 0.5) is 18.9 Å². The summed E-state index contributed by atoms with van der Waals surface area (Å²) >= 11 is 0. The van der Waals surface area contributed by atoms with E-state index >= 15 is 0 Å². The van der Waals surface area contributed by atoms with Gasteiger partial charge in [-0.25, -0.2) is 9.50 Å². The van der Waals surface area contributed by atoms with Crippen molar-refractivity contribution in [3.63, 3.8) is 0 Å². The van der Waals surface area contributed by atoms with Crippen LogP contribution in [0, 0.1) is 0 Å². The Balaban J connectivity index is 1.52. The summed E-state index contributed by atoms with van der Waals surface area (Å²) in [6, 6.07) is 15.9. The minimum atomic E-state index is -4.42. The Kier molecular flexibility index (Phi) is 3.65. The van der Waals surface area contributed by atoms with Crippen LogP contribution in [0.25, 0.3) is 27.3 Å². The van der Waals surface area contributed by atoms with Crippen molar-refractivity contribution in [2.24, 2.45) is 4.99 Å². The number of rotatable bonds is 1. The summed E-state index contributed by atoms with van der Waals surface area (Å²) in [5.74, 6) is 0. The van der Waals surface area contributed by atoms with Gasteiger partial charge in [0, 0.05) is 34.1 Å². The maximum absolute atomic E-state index is 13.1. The van der Waals surface area contributed by atoms with E-state index in [1.54, 1.807) is 16.9 Å². The number of aliphatic imine (C=N–C) groups is 1. The third kappa shape index (κ3) is 2.60. The smallest absolute Gasteiger partial charge is 0.251 e. The van der Waals surface area contributed by atoms with Crippen LogP contribution in [0.5, 0.6) is 0 Å². The molecule has 32 heavy (non-hydrogen) atoms. The highest BCUT2D eigenvalue weighted by Gasteiger charge is 2.37. The van der Waals surface area contributed by atoms with Crippen LogP contribution in [0.1, 0.15) is 30.5 Å². The molecular weight excluding hydrogens is 413 g/mol. The molecule has 3 aromatic carbocycles. The van der Waals surface area contributed by atoms with Crippen molar-refractivity contribution in [1.82, 2.24) is 14.6 Å². The molecule has 0 spiro atoms. The Labute approximate surface area is 181 Å². The minimum Gasteiger partial charge on any atom is -0.251 e. The van der Waals surface area contributed by atoms with E-state index in [4.69, 9.17) is 4.99 Å². The first-order chi connectivity index (χ1) is 15.2. The molecule has 4 nitrogen and oxygen atoms in total. The third-order valence-corrected chi connectivity index (χ3v) is 6.25. The summed E-state index contributed by atoms with van der Waals surface area (Å²) in [5, 5.41) is 7.16. The number of alkyl halides is 3. The molecule has 5 aromatic rings. The van der Waals surface area contributed by atoms with Crippen LogP contribution in [0.15, 0.2) is 72.0 Å². The van der Waals surface area contributed by atoms with Gasteiger partial charge in [0.2, 0.25) is 0 Å². The summed E-state index contributed by atoms with van der Waals surface area (Å²) in [6.45, 7) is 4.23. The fraction of sp³-hybridized carbons (Fsp3) is 0.160. The normalized spacial score (nSPS) is 15.5. The molecule has 0 atom stereocenters. The molecule has 3 heterocycles. The summed E-state index contributed by atoms with van der Waals surface area (Å²) in [6.07, 6.45) is -0.896. The van der Waals surface area contributed by atoms with E-state index in [9.17, 15) is 13.2 Å². The molecule has 0 radical (unpaired) electrons. The van der Waals surface area contributed by atoms with Crippen LogP contribution >= 0.6 is 0 Å². The number of fused-ring (bicyclic) bond motifs is 6. The van der Waals surface area contributed by atoms with Crippen molar-refractivity contribution < 1.29 is 13.2 Å². The fourth-order valence-corrected chi connectivity index (χ4v) is 4.59. The molecule has 1 aliphatic rings. The zero-order valence-corrected chi connectivity index (χ0v) is 17.3.